The molecule has 2 aromatic rings. The minimum Gasteiger partial charge on any atom is -0.385 e. The molecule has 0 radical (unpaired) electrons. The molecule has 1 N–H and O–H groups in total. The Morgan fingerprint density at radius 3 is 2.89 bits per heavy atom. The molecule has 100 valence electrons. The number of hydrogen-bond acceptors (Lipinski definition) is 4. The van der Waals surface area contributed by atoms with E-state index in [-0.39, 0.29) is 0 Å². The van der Waals surface area contributed by atoms with Crippen molar-refractivity contribution in [3.8, 4) is 0 Å². The Labute approximate surface area is 112 Å². The van der Waals surface area contributed by atoms with Crippen molar-refractivity contribution in [2.24, 2.45) is 5.92 Å². The summed E-state index contributed by atoms with van der Waals surface area (Å²) in [6, 6.07) is 8.47. The number of aromatic nitrogens is 3. The molecule has 5 heteroatoms. The topological polar surface area (TPSA) is 52.0 Å². The predicted molar refractivity (Wildman–Crippen MR) is 73.0 cm³/mol. The molecule has 1 unspecified atom stereocenters. The maximum absolute atomic E-state index is 5.37. The number of nitrogens with one attached hydrogen (secondary N) is 1. The van der Waals surface area contributed by atoms with E-state index in [1.165, 1.54) is 5.56 Å². The first-order chi connectivity index (χ1) is 9.40. The fourth-order valence-electron chi connectivity index (χ4n) is 2.24. The molecule has 0 aliphatic carbocycles. The highest BCUT2D eigenvalue weighted by Crippen LogP contribution is 2.15. The van der Waals surface area contributed by atoms with Gasteiger partial charge in [-0.3, -0.25) is 0 Å². The van der Waals surface area contributed by atoms with Gasteiger partial charge in [0.2, 0.25) is 0 Å². The van der Waals surface area contributed by atoms with E-state index in [0.717, 1.165) is 38.4 Å². The predicted octanol–water partition coefficient (Wildman–Crippen LogP) is 1.77. The molecule has 1 aromatic heterocycles. The molecule has 0 bridgehead atoms. The van der Waals surface area contributed by atoms with Gasteiger partial charge < -0.3 is 10.1 Å². The van der Waals surface area contributed by atoms with Crippen molar-refractivity contribution in [1.82, 2.24) is 14.8 Å². The summed E-state index contributed by atoms with van der Waals surface area (Å²) in [4.78, 5) is 3.94. The van der Waals surface area contributed by atoms with E-state index in [9.17, 15) is 0 Å². The number of nitrogens with zero attached hydrogens (tertiary/aromatic N) is 3. The SMILES string of the molecule is c1ncn(Cc2ccc(NCC3CCOC3)cc2)n1. The number of benzene rings is 1. The smallest absolute Gasteiger partial charge is 0.137 e. The first-order valence-corrected chi connectivity index (χ1v) is 6.63. The first kappa shape index (κ1) is 12.2. The lowest BCUT2D eigenvalue weighted by Gasteiger charge is -2.11. The molecule has 1 fully saturated rings. The summed E-state index contributed by atoms with van der Waals surface area (Å²) in [5.74, 6) is 0.648. The number of ether oxygens (including phenoxy) is 1. The third-order valence-electron chi connectivity index (χ3n) is 3.38. The van der Waals surface area contributed by atoms with E-state index in [1.807, 2.05) is 4.68 Å². The monoisotopic (exact) mass is 258 g/mol. The van der Waals surface area contributed by atoms with Gasteiger partial charge >= 0.3 is 0 Å². The zero-order chi connectivity index (χ0) is 12.9. The molecule has 1 atom stereocenters. The van der Waals surface area contributed by atoms with Gasteiger partial charge in [0.15, 0.2) is 0 Å². The zero-order valence-corrected chi connectivity index (χ0v) is 10.8. The van der Waals surface area contributed by atoms with Gasteiger partial charge in [-0.2, -0.15) is 5.10 Å². The van der Waals surface area contributed by atoms with Crippen molar-refractivity contribution in [3.63, 3.8) is 0 Å². The first-order valence-electron chi connectivity index (χ1n) is 6.63. The van der Waals surface area contributed by atoms with Crippen LogP contribution in [0.25, 0.3) is 0 Å². The van der Waals surface area contributed by atoms with Gasteiger partial charge in [0.05, 0.1) is 13.2 Å². The lowest BCUT2D eigenvalue weighted by Crippen LogP contribution is -2.14. The molecule has 1 saturated heterocycles. The third kappa shape index (κ3) is 3.32. The minimum absolute atomic E-state index is 0.648. The Kier molecular flexibility index (Phi) is 3.74. The molecule has 19 heavy (non-hydrogen) atoms. The summed E-state index contributed by atoms with van der Waals surface area (Å²) < 4.78 is 7.19. The number of hydrogen-bond donors (Lipinski definition) is 1. The van der Waals surface area contributed by atoms with Crippen LogP contribution in [-0.2, 0) is 11.3 Å². The molecule has 3 rings (SSSR count). The van der Waals surface area contributed by atoms with Crippen LogP contribution in [0.5, 0.6) is 0 Å². The van der Waals surface area contributed by atoms with Gasteiger partial charge in [-0.05, 0) is 24.1 Å². The van der Waals surface area contributed by atoms with Crippen LogP contribution in [0.1, 0.15) is 12.0 Å². The van der Waals surface area contributed by atoms with E-state index in [4.69, 9.17) is 4.74 Å². The fourth-order valence-corrected chi connectivity index (χ4v) is 2.24. The average molecular weight is 258 g/mol. The quantitative estimate of drug-likeness (QED) is 0.888. The molecule has 2 heterocycles. The van der Waals surface area contributed by atoms with Crippen molar-refractivity contribution in [2.75, 3.05) is 25.1 Å². The second-order valence-corrected chi connectivity index (χ2v) is 4.90. The lowest BCUT2D eigenvalue weighted by atomic mass is 10.1. The fraction of sp³-hybridized carbons (Fsp3) is 0.429. The van der Waals surface area contributed by atoms with Crippen LogP contribution in [0, 0.1) is 5.92 Å². The molecule has 5 nitrogen and oxygen atoms in total. The number of anilines is 1. The Bertz CT molecular complexity index is 489. The third-order valence-corrected chi connectivity index (χ3v) is 3.38. The van der Waals surface area contributed by atoms with Gasteiger partial charge in [0, 0.05) is 24.8 Å². The normalized spacial score (nSPS) is 18.6. The summed E-state index contributed by atoms with van der Waals surface area (Å²) in [7, 11) is 0. The Morgan fingerprint density at radius 1 is 1.32 bits per heavy atom. The summed E-state index contributed by atoms with van der Waals surface area (Å²) in [6.45, 7) is 3.54. The molecule has 0 spiro atoms. The van der Waals surface area contributed by atoms with E-state index >= 15 is 0 Å². The maximum atomic E-state index is 5.37. The second kappa shape index (κ2) is 5.84. The van der Waals surface area contributed by atoms with Crippen molar-refractivity contribution >= 4 is 5.69 Å². The summed E-state index contributed by atoms with van der Waals surface area (Å²) >= 11 is 0. The summed E-state index contributed by atoms with van der Waals surface area (Å²) in [5, 5.41) is 7.56. The molecule has 1 aliphatic rings. The highest BCUT2D eigenvalue weighted by molar-refractivity contribution is 5.44. The average Bonchev–Trinajstić information content (AvgIpc) is 3.11. The van der Waals surface area contributed by atoms with E-state index in [1.54, 1.807) is 12.7 Å². The summed E-state index contributed by atoms with van der Waals surface area (Å²) in [6.07, 6.45) is 4.45. The van der Waals surface area contributed by atoms with Crippen molar-refractivity contribution in [1.29, 1.82) is 0 Å². The standard InChI is InChI=1S/C14H18N4O/c1-3-14(16-7-13-5-6-19-9-13)4-2-12(1)8-18-11-15-10-17-18/h1-4,10-11,13,16H,5-9H2. The maximum Gasteiger partial charge on any atom is 0.137 e. The van der Waals surface area contributed by atoms with E-state index in [0.29, 0.717) is 5.92 Å². The van der Waals surface area contributed by atoms with Crippen LogP contribution in [0.3, 0.4) is 0 Å². The van der Waals surface area contributed by atoms with Crippen LogP contribution >= 0.6 is 0 Å². The minimum atomic E-state index is 0.648. The molecule has 1 aliphatic heterocycles. The van der Waals surface area contributed by atoms with Crippen LogP contribution in [0.15, 0.2) is 36.9 Å². The van der Waals surface area contributed by atoms with Crippen molar-refractivity contribution < 1.29 is 4.74 Å². The highest BCUT2D eigenvalue weighted by Gasteiger charge is 2.14. The molecule has 0 saturated carbocycles. The molecule has 1 aromatic carbocycles. The van der Waals surface area contributed by atoms with E-state index < -0.39 is 0 Å². The number of rotatable bonds is 5. The lowest BCUT2D eigenvalue weighted by molar-refractivity contribution is 0.187. The van der Waals surface area contributed by atoms with Crippen molar-refractivity contribution in [3.05, 3.63) is 42.5 Å². The Hall–Kier alpha value is -1.88. The van der Waals surface area contributed by atoms with Crippen LogP contribution in [0.2, 0.25) is 0 Å². The van der Waals surface area contributed by atoms with Crippen molar-refractivity contribution in [2.45, 2.75) is 13.0 Å². The highest BCUT2D eigenvalue weighted by atomic mass is 16.5. The Balaban J connectivity index is 1.53. The summed E-state index contributed by atoms with van der Waals surface area (Å²) in [5.41, 5.74) is 2.38. The van der Waals surface area contributed by atoms with E-state index in [2.05, 4.69) is 39.7 Å². The van der Waals surface area contributed by atoms with Crippen LogP contribution in [0.4, 0.5) is 5.69 Å². The van der Waals surface area contributed by atoms with Gasteiger partial charge in [-0.25, -0.2) is 9.67 Å². The Morgan fingerprint density at radius 2 is 2.21 bits per heavy atom. The molecular formula is C14H18N4O. The largest absolute Gasteiger partial charge is 0.385 e. The second-order valence-electron chi connectivity index (χ2n) is 4.90. The van der Waals surface area contributed by atoms with Crippen LogP contribution < -0.4 is 5.32 Å². The van der Waals surface area contributed by atoms with Gasteiger partial charge in [0.1, 0.15) is 12.7 Å². The van der Waals surface area contributed by atoms with Gasteiger partial charge in [-0.15, -0.1) is 0 Å². The molecule has 0 amide bonds. The molecular weight excluding hydrogens is 240 g/mol. The zero-order valence-electron chi connectivity index (χ0n) is 10.8. The van der Waals surface area contributed by atoms with Crippen LogP contribution in [-0.4, -0.2) is 34.5 Å². The van der Waals surface area contributed by atoms with Gasteiger partial charge in [-0.1, -0.05) is 12.1 Å². The van der Waals surface area contributed by atoms with Gasteiger partial charge in [0.25, 0.3) is 0 Å².